The summed E-state index contributed by atoms with van der Waals surface area (Å²) >= 11 is 0. The maximum Gasteiger partial charge on any atom is 0.252 e. The van der Waals surface area contributed by atoms with Crippen molar-refractivity contribution < 1.29 is 8.78 Å². The maximum absolute atomic E-state index is 13.5. The number of hydrogen-bond acceptors (Lipinski definition) is 4. The predicted octanol–water partition coefficient (Wildman–Crippen LogP) is 3.99. The van der Waals surface area contributed by atoms with Gasteiger partial charge in [-0.05, 0) is 46.6 Å². The van der Waals surface area contributed by atoms with Crippen LogP contribution in [0.2, 0.25) is 0 Å². The number of anilines is 1. The van der Waals surface area contributed by atoms with Crippen molar-refractivity contribution in [3.05, 3.63) is 29.2 Å². The fraction of sp³-hybridized carbons (Fsp3) is 0.611. The fourth-order valence-corrected chi connectivity index (χ4v) is 3.55. The van der Waals surface area contributed by atoms with Crippen LogP contribution in [-0.2, 0) is 0 Å². The van der Waals surface area contributed by atoms with Gasteiger partial charge in [0.2, 0.25) is 5.92 Å². The van der Waals surface area contributed by atoms with Gasteiger partial charge in [-0.15, -0.1) is 0 Å². The molecule has 3 rings (SSSR count). The third kappa shape index (κ3) is 3.80. The number of aryl methyl sites for hydroxylation is 3. The van der Waals surface area contributed by atoms with Crippen LogP contribution in [0.5, 0.6) is 0 Å². The van der Waals surface area contributed by atoms with Crippen molar-refractivity contribution in [2.75, 3.05) is 11.4 Å². The van der Waals surface area contributed by atoms with E-state index in [1.807, 2.05) is 39.8 Å². The van der Waals surface area contributed by atoms with Crippen LogP contribution < -0.4 is 4.90 Å². The van der Waals surface area contributed by atoms with Crippen LogP contribution in [0.25, 0.3) is 5.95 Å². The van der Waals surface area contributed by atoms with E-state index in [9.17, 15) is 8.78 Å². The summed E-state index contributed by atoms with van der Waals surface area (Å²) in [5.74, 6) is -1.21. The van der Waals surface area contributed by atoms with E-state index < -0.39 is 5.92 Å². The summed E-state index contributed by atoms with van der Waals surface area (Å²) in [6, 6.07) is 3.99. The normalized spacial score (nSPS) is 17.7. The van der Waals surface area contributed by atoms with E-state index in [-0.39, 0.29) is 18.9 Å². The Morgan fingerprint density at radius 2 is 1.80 bits per heavy atom. The maximum atomic E-state index is 13.5. The molecule has 0 spiro atoms. The van der Waals surface area contributed by atoms with E-state index in [0.29, 0.717) is 18.8 Å². The van der Waals surface area contributed by atoms with Crippen molar-refractivity contribution >= 4 is 5.82 Å². The Kier molecular flexibility index (Phi) is 4.75. The lowest BCUT2D eigenvalue weighted by molar-refractivity contribution is -0.0381. The molecule has 0 aromatic carbocycles. The third-order valence-corrected chi connectivity index (χ3v) is 4.79. The number of nitrogens with zero attached hydrogens (tertiary/aromatic N) is 5. The van der Waals surface area contributed by atoms with E-state index >= 15 is 0 Å². The average molecular weight is 349 g/mol. The van der Waals surface area contributed by atoms with Crippen molar-refractivity contribution in [1.29, 1.82) is 0 Å². The first-order valence-corrected chi connectivity index (χ1v) is 8.83. The highest BCUT2D eigenvalue weighted by atomic mass is 19.3. The Labute approximate surface area is 147 Å². The SMILES string of the molecule is CCN(c1cc(C)nc(-n2nc(C)cc2C)n1)C1CCC(F)(F)CC1. The minimum absolute atomic E-state index is 0.0530. The standard InChI is InChI=1S/C18H25F2N5/c1-5-24(15-6-8-18(19,20)9-7-15)16-11-12(2)21-17(22-16)25-14(4)10-13(3)23-25/h10-11,15H,5-9H2,1-4H3. The molecule has 1 aliphatic carbocycles. The van der Waals surface area contributed by atoms with Crippen LogP contribution in [0, 0.1) is 20.8 Å². The zero-order valence-corrected chi connectivity index (χ0v) is 15.3. The molecule has 7 heteroatoms. The molecule has 0 radical (unpaired) electrons. The van der Waals surface area contributed by atoms with Crippen molar-refractivity contribution in [1.82, 2.24) is 19.7 Å². The molecule has 0 N–H and O–H groups in total. The molecule has 2 aromatic heterocycles. The lowest BCUT2D eigenvalue weighted by Crippen LogP contribution is -2.41. The molecular formula is C18H25F2N5. The lowest BCUT2D eigenvalue weighted by Gasteiger charge is -2.37. The highest BCUT2D eigenvalue weighted by Crippen LogP contribution is 2.36. The summed E-state index contributed by atoms with van der Waals surface area (Å²) in [5, 5.41) is 4.45. The van der Waals surface area contributed by atoms with Gasteiger partial charge >= 0.3 is 0 Å². The largest absolute Gasteiger partial charge is 0.354 e. The molecule has 0 saturated heterocycles. The summed E-state index contributed by atoms with van der Waals surface area (Å²) in [6.07, 6.45) is 0.864. The fourth-order valence-electron chi connectivity index (χ4n) is 3.55. The van der Waals surface area contributed by atoms with Gasteiger partial charge in [-0.1, -0.05) is 0 Å². The monoisotopic (exact) mass is 349 g/mol. The lowest BCUT2D eigenvalue weighted by atomic mass is 9.91. The molecule has 2 aromatic rings. The van der Waals surface area contributed by atoms with Gasteiger partial charge in [-0.25, -0.2) is 18.4 Å². The first-order chi connectivity index (χ1) is 11.8. The van der Waals surface area contributed by atoms with Crippen LogP contribution in [0.3, 0.4) is 0 Å². The molecule has 25 heavy (non-hydrogen) atoms. The number of halogens is 2. The smallest absolute Gasteiger partial charge is 0.252 e. The molecule has 1 saturated carbocycles. The van der Waals surface area contributed by atoms with Crippen molar-refractivity contribution in [2.24, 2.45) is 0 Å². The van der Waals surface area contributed by atoms with Crippen molar-refractivity contribution in [3.63, 3.8) is 0 Å². The van der Waals surface area contributed by atoms with Gasteiger partial charge < -0.3 is 4.90 Å². The zero-order chi connectivity index (χ0) is 18.2. The summed E-state index contributed by atoms with van der Waals surface area (Å²) < 4.78 is 28.7. The second-order valence-electron chi connectivity index (χ2n) is 6.88. The van der Waals surface area contributed by atoms with Crippen LogP contribution in [0.1, 0.15) is 49.7 Å². The average Bonchev–Trinajstić information content (AvgIpc) is 2.88. The Morgan fingerprint density at radius 3 is 2.36 bits per heavy atom. The van der Waals surface area contributed by atoms with Crippen LogP contribution in [0.4, 0.5) is 14.6 Å². The van der Waals surface area contributed by atoms with Gasteiger partial charge in [0.15, 0.2) is 0 Å². The van der Waals surface area contributed by atoms with E-state index in [4.69, 9.17) is 0 Å². The molecule has 0 atom stereocenters. The van der Waals surface area contributed by atoms with Crippen LogP contribution >= 0.6 is 0 Å². The number of hydrogen-bond donors (Lipinski definition) is 0. The minimum Gasteiger partial charge on any atom is -0.354 e. The van der Waals surface area contributed by atoms with Gasteiger partial charge in [0.1, 0.15) is 5.82 Å². The molecule has 1 aliphatic rings. The van der Waals surface area contributed by atoms with Crippen LogP contribution in [-0.4, -0.2) is 38.3 Å². The molecule has 0 unspecified atom stereocenters. The second-order valence-corrected chi connectivity index (χ2v) is 6.88. The summed E-state index contributed by atoms with van der Waals surface area (Å²) in [6.45, 7) is 8.58. The van der Waals surface area contributed by atoms with Crippen molar-refractivity contribution in [3.8, 4) is 5.95 Å². The topological polar surface area (TPSA) is 46.8 Å². The predicted molar refractivity (Wildman–Crippen MR) is 93.6 cm³/mol. The molecule has 0 bridgehead atoms. The Morgan fingerprint density at radius 1 is 1.12 bits per heavy atom. The third-order valence-electron chi connectivity index (χ3n) is 4.79. The van der Waals surface area contributed by atoms with Crippen LogP contribution in [0.15, 0.2) is 12.1 Å². The number of alkyl halides is 2. The van der Waals surface area contributed by atoms with Gasteiger partial charge in [0.25, 0.3) is 5.95 Å². The zero-order valence-electron chi connectivity index (χ0n) is 15.3. The van der Waals surface area contributed by atoms with E-state index in [0.717, 1.165) is 29.4 Å². The molecule has 0 amide bonds. The number of rotatable bonds is 4. The molecule has 0 aliphatic heterocycles. The summed E-state index contributed by atoms with van der Waals surface area (Å²) in [7, 11) is 0. The van der Waals surface area contributed by atoms with Crippen molar-refractivity contribution in [2.45, 2.75) is 65.3 Å². The molecular weight excluding hydrogens is 324 g/mol. The second kappa shape index (κ2) is 6.69. The Balaban J connectivity index is 1.92. The quantitative estimate of drug-likeness (QED) is 0.837. The molecule has 136 valence electrons. The Hall–Kier alpha value is -2.05. The van der Waals surface area contributed by atoms with Gasteiger partial charge in [0, 0.05) is 42.9 Å². The van der Waals surface area contributed by atoms with E-state index in [1.54, 1.807) is 4.68 Å². The van der Waals surface area contributed by atoms with Gasteiger partial charge in [0.05, 0.1) is 5.69 Å². The number of aromatic nitrogens is 4. The molecule has 1 fully saturated rings. The highest BCUT2D eigenvalue weighted by Gasteiger charge is 2.37. The summed E-state index contributed by atoms with van der Waals surface area (Å²) in [5.41, 5.74) is 2.72. The highest BCUT2D eigenvalue weighted by molar-refractivity contribution is 5.43. The van der Waals surface area contributed by atoms with E-state index in [1.165, 1.54) is 0 Å². The Bertz CT molecular complexity index is 746. The minimum atomic E-state index is -2.52. The first kappa shape index (κ1) is 17.8. The molecule has 2 heterocycles. The first-order valence-electron chi connectivity index (χ1n) is 8.83. The van der Waals surface area contributed by atoms with E-state index in [2.05, 4.69) is 20.0 Å². The molecule has 5 nitrogen and oxygen atoms in total. The van der Waals surface area contributed by atoms with Gasteiger partial charge in [-0.3, -0.25) is 0 Å². The summed E-state index contributed by atoms with van der Waals surface area (Å²) in [4.78, 5) is 11.3. The van der Waals surface area contributed by atoms with Gasteiger partial charge in [-0.2, -0.15) is 10.1 Å².